The van der Waals surface area contributed by atoms with Crippen molar-refractivity contribution in [3.63, 3.8) is 0 Å². The van der Waals surface area contributed by atoms with Gasteiger partial charge in [0.1, 0.15) is 5.75 Å². The molecule has 0 N–H and O–H groups in total. The second-order valence-electron chi connectivity index (χ2n) is 5.63. The summed E-state index contributed by atoms with van der Waals surface area (Å²) < 4.78 is 54.7. The van der Waals surface area contributed by atoms with E-state index in [1.54, 1.807) is 0 Å². The minimum Gasteiger partial charge on any atom is -0.498 e. The molecule has 0 aliphatic carbocycles. The summed E-state index contributed by atoms with van der Waals surface area (Å²) in [6.07, 6.45) is -5.10. The molecule has 0 aromatic heterocycles. The number of methoxy groups -OCH3 is 1. The van der Waals surface area contributed by atoms with Crippen molar-refractivity contribution in [3.05, 3.63) is 29.8 Å². The maximum absolute atomic E-state index is 13.5. The SMILES string of the molecule is COc1ccc(C(=O)[C@@H](B2OC(=O)CN(C)CC(=O)O2)C(F)(F)F)cc1. The maximum Gasteiger partial charge on any atom is 0.619 e. The Morgan fingerprint density at radius 3 is 2.08 bits per heavy atom. The highest BCUT2D eigenvalue weighted by Gasteiger charge is 2.58. The molecule has 7 nitrogen and oxygen atoms in total. The van der Waals surface area contributed by atoms with Crippen LogP contribution >= 0.6 is 0 Å². The van der Waals surface area contributed by atoms with Gasteiger partial charge in [-0.2, -0.15) is 13.2 Å². The van der Waals surface area contributed by atoms with Crippen LogP contribution in [0.3, 0.4) is 0 Å². The summed E-state index contributed by atoms with van der Waals surface area (Å²) in [4.78, 5) is 37.0. The number of halogens is 3. The lowest BCUT2D eigenvalue weighted by molar-refractivity contribution is -0.150. The highest BCUT2D eigenvalue weighted by Crippen LogP contribution is 2.37. The number of alkyl halides is 3. The van der Waals surface area contributed by atoms with E-state index in [0.29, 0.717) is 5.75 Å². The topological polar surface area (TPSA) is 82.1 Å². The molecule has 1 aromatic rings. The summed E-state index contributed by atoms with van der Waals surface area (Å²) in [6.45, 7) is -0.820. The van der Waals surface area contributed by atoms with Crippen LogP contribution in [0.5, 0.6) is 5.75 Å². The molecule has 0 saturated carbocycles. The monoisotopic (exact) mass is 373 g/mol. The van der Waals surface area contributed by atoms with E-state index in [1.165, 1.54) is 31.2 Å². The van der Waals surface area contributed by atoms with Gasteiger partial charge in [0.25, 0.3) is 0 Å². The molecular weight excluding hydrogens is 358 g/mol. The standard InChI is InChI=1S/C15H15BF3NO6/c1-20-7-11(21)25-16(26-12(22)8-20)14(15(17,18)19)13(23)9-3-5-10(24-2)6-4-9/h3-6,14H,7-8H2,1-2H3/t14-/m1/s1. The van der Waals surface area contributed by atoms with Crippen LogP contribution in [0.25, 0.3) is 0 Å². The van der Waals surface area contributed by atoms with E-state index >= 15 is 0 Å². The largest absolute Gasteiger partial charge is 0.619 e. The number of carbonyl (C=O) groups excluding carboxylic acids is 3. The lowest BCUT2D eigenvalue weighted by Crippen LogP contribution is -2.49. The van der Waals surface area contributed by atoms with Crippen molar-refractivity contribution in [3.8, 4) is 5.75 Å². The van der Waals surface area contributed by atoms with Gasteiger partial charge in [-0.25, -0.2) is 0 Å². The first-order valence-corrected chi connectivity index (χ1v) is 7.44. The first-order valence-electron chi connectivity index (χ1n) is 7.44. The molecule has 1 aromatic carbocycles. The lowest BCUT2D eigenvalue weighted by Gasteiger charge is -2.27. The van der Waals surface area contributed by atoms with Crippen LogP contribution in [-0.2, 0) is 18.9 Å². The molecule has 11 heteroatoms. The third-order valence-electron chi connectivity index (χ3n) is 3.58. The van der Waals surface area contributed by atoms with Gasteiger partial charge in [-0.3, -0.25) is 19.3 Å². The molecule has 1 fully saturated rings. The second-order valence-corrected chi connectivity index (χ2v) is 5.63. The molecule has 0 unspecified atom stereocenters. The number of nitrogens with zero attached hydrogens (tertiary/aromatic N) is 1. The molecule has 1 heterocycles. The van der Waals surface area contributed by atoms with Crippen molar-refractivity contribution in [2.75, 3.05) is 27.2 Å². The normalized spacial score (nSPS) is 17.7. The van der Waals surface area contributed by atoms with E-state index in [2.05, 4.69) is 9.31 Å². The summed E-state index contributed by atoms with van der Waals surface area (Å²) in [5.41, 5.74) is -0.292. The molecule has 1 aliphatic rings. The Labute approximate surface area is 147 Å². The van der Waals surface area contributed by atoms with Crippen LogP contribution in [-0.4, -0.2) is 63.2 Å². The van der Waals surface area contributed by atoms with Crippen molar-refractivity contribution in [1.82, 2.24) is 4.90 Å². The average molecular weight is 373 g/mol. The summed E-state index contributed by atoms with van der Waals surface area (Å²) in [5, 5.41) is 0. The Kier molecular flexibility index (Phi) is 5.91. The van der Waals surface area contributed by atoms with E-state index < -0.39 is 49.9 Å². The van der Waals surface area contributed by atoms with Crippen LogP contribution in [0, 0.1) is 0 Å². The van der Waals surface area contributed by atoms with E-state index in [0.717, 1.165) is 12.1 Å². The quantitative estimate of drug-likeness (QED) is 0.582. The third kappa shape index (κ3) is 4.75. The minimum atomic E-state index is -5.10. The van der Waals surface area contributed by atoms with Crippen LogP contribution in [0.2, 0.25) is 5.82 Å². The van der Waals surface area contributed by atoms with Crippen molar-refractivity contribution in [2.24, 2.45) is 0 Å². The summed E-state index contributed by atoms with van der Waals surface area (Å²) in [5.74, 6) is -5.97. The fourth-order valence-electron chi connectivity index (χ4n) is 2.35. The molecule has 0 bridgehead atoms. The van der Waals surface area contributed by atoms with Crippen LogP contribution < -0.4 is 4.74 Å². The lowest BCUT2D eigenvalue weighted by atomic mass is 9.67. The number of ether oxygens (including phenoxy) is 1. The molecule has 0 amide bonds. The second kappa shape index (κ2) is 7.77. The first-order chi connectivity index (χ1) is 12.1. The zero-order valence-electron chi connectivity index (χ0n) is 13.9. The zero-order valence-corrected chi connectivity index (χ0v) is 13.9. The predicted molar refractivity (Wildman–Crippen MR) is 82.6 cm³/mol. The average Bonchev–Trinajstić information content (AvgIpc) is 2.51. The van der Waals surface area contributed by atoms with Gasteiger partial charge < -0.3 is 14.0 Å². The van der Waals surface area contributed by atoms with Crippen molar-refractivity contribution in [2.45, 2.75) is 12.0 Å². The first kappa shape index (κ1) is 19.8. The fraction of sp³-hybridized carbons (Fsp3) is 0.400. The molecule has 1 atom stereocenters. The molecule has 26 heavy (non-hydrogen) atoms. The van der Waals surface area contributed by atoms with Gasteiger partial charge in [-0.1, -0.05) is 0 Å². The number of hydrogen-bond donors (Lipinski definition) is 0. The summed E-state index contributed by atoms with van der Waals surface area (Å²) >= 11 is 0. The van der Waals surface area contributed by atoms with Crippen molar-refractivity contribution < 1.29 is 41.6 Å². The molecular formula is C15H15BF3NO6. The molecule has 2 rings (SSSR count). The number of benzene rings is 1. The van der Waals surface area contributed by atoms with E-state index in [9.17, 15) is 27.6 Å². The molecule has 140 valence electrons. The smallest absolute Gasteiger partial charge is 0.498 e. The molecule has 1 aliphatic heterocycles. The van der Waals surface area contributed by atoms with Gasteiger partial charge in [0.05, 0.1) is 20.2 Å². The minimum absolute atomic E-state index is 0.292. The summed E-state index contributed by atoms with van der Waals surface area (Å²) in [7, 11) is 0.366. The number of carbonyl (C=O) groups is 3. The van der Waals surface area contributed by atoms with Gasteiger partial charge in [-0.15, -0.1) is 0 Å². The van der Waals surface area contributed by atoms with Gasteiger partial charge in [0.15, 0.2) is 11.6 Å². The maximum atomic E-state index is 13.5. The Hall–Kier alpha value is -2.56. The zero-order chi connectivity index (χ0) is 19.5. The number of ketones is 1. The third-order valence-corrected chi connectivity index (χ3v) is 3.58. The number of likely N-dealkylation sites (N-methyl/N-ethyl adjacent to an activating group) is 1. The van der Waals surface area contributed by atoms with Crippen molar-refractivity contribution >= 4 is 24.8 Å². The Morgan fingerprint density at radius 2 is 1.65 bits per heavy atom. The van der Waals surface area contributed by atoms with E-state index in [-0.39, 0.29) is 5.56 Å². The molecule has 0 radical (unpaired) electrons. The predicted octanol–water partition coefficient (Wildman–Crippen LogP) is 1.33. The van der Waals surface area contributed by atoms with E-state index in [4.69, 9.17) is 4.74 Å². The Balaban J connectivity index is 2.34. The van der Waals surface area contributed by atoms with E-state index in [1.807, 2.05) is 0 Å². The highest BCUT2D eigenvalue weighted by atomic mass is 19.4. The Morgan fingerprint density at radius 1 is 1.15 bits per heavy atom. The van der Waals surface area contributed by atoms with Crippen LogP contribution in [0.4, 0.5) is 13.2 Å². The van der Waals surface area contributed by atoms with Gasteiger partial charge in [0, 0.05) is 5.56 Å². The number of rotatable bonds is 4. The number of hydrogen-bond acceptors (Lipinski definition) is 7. The van der Waals surface area contributed by atoms with Gasteiger partial charge in [0.2, 0.25) is 0 Å². The fourth-order valence-corrected chi connectivity index (χ4v) is 2.35. The Bertz CT molecular complexity index is 674. The number of Topliss-reactive ketones (excluding diaryl/α,β-unsaturated/α-hetero) is 1. The molecule has 1 saturated heterocycles. The molecule has 0 spiro atoms. The van der Waals surface area contributed by atoms with Gasteiger partial charge >= 0.3 is 25.2 Å². The highest BCUT2D eigenvalue weighted by molar-refractivity contribution is 6.57. The van der Waals surface area contributed by atoms with Gasteiger partial charge in [-0.05, 0) is 31.3 Å². The summed E-state index contributed by atoms with van der Waals surface area (Å²) in [6, 6.07) is 4.90. The van der Waals surface area contributed by atoms with Crippen LogP contribution in [0.15, 0.2) is 24.3 Å². The van der Waals surface area contributed by atoms with Crippen LogP contribution in [0.1, 0.15) is 10.4 Å². The van der Waals surface area contributed by atoms with Crippen molar-refractivity contribution in [1.29, 1.82) is 0 Å².